The number of hydrogen-bond acceptors (Lipinski definition) is 7. The van der Waals surface area contributed by atoms with E-state index in [1.807, 2.05) is 12.1 Å². The summed E-state index contributed by atoms with van der Waals surface area (Å²) >= 11 is 6.04. The predicted molar refractivity (Wildman–Crippen MR) is 122 cm³/mol. The van der Waals surface area contributed by atoms with Crippen molar-refractivity contribution in [2.75, 3.05) is 24.9 Å². The molecule has 4 atom stereocenters. The van der Waals surface area contributed by atoms with E-state index in [1.165, 1.54) is 7.11 Å². The van der Waals surface area contributed by atoms with Gasteiger partial charge >= 0.3 is 0 Å². The van der Waals surface area contributed by atoms with Crippen LogP contribution in [0, 0.1) is 11.8 Å². The van der Waals surface area contributed by atoms with Crippen molar-refractivity contribution in [1.82, 2.24) is 16.0 Å². The number of methoxy groups -OCH3 is 2. The van der Waals surface area contributed by atoms with Crippen molar-refractivity contribution in [2.24, 2.45) is 11.8 Å². The van der Waals surface area contributed by atoms with Crippen molar-refractivity contribution < 1.29 is 23.9 Å². The molecule has 2 aliphatic heterocycles. The second kappa shape index (κ2) is 9.55. The first kappa shape index (κ1) is 22.7. The Balaban J connectivity index is 1.51. The average molecular weight is 474 g/mol. The van der Waals surface area contributed by atoms with Gasteiger partial charge in [-0.2, -0.15) is 0 Å². The summed E-state index contributed by atoms with van der Waals surface area (Å²) in [6.45, 7) is 0. The molecule has 0 spiro atoms. The molecule has 0 radical (unpaired) electrons. The lowest BCUT2D eigenvalue weighted by atomic mass is 9.81. The highest BCUT2D eigenvalue weighted by Gasteiger charge is 2.48. The second-order valence-corrected chi connectivity index (χ2v) is 8.10. The summed E-state index contributed by atoms with van der Waals surface area (Å²) in [5.74, 6) is -1.89. The number of para-hydroxylation sites is 2. The molecule has 10 nitrogen and oxygen atoms in total. The molecule has 4 unspecified atom stereocenters. The van der Waals surface area contributed by atoms with Crippen molar-refractivity contribution in [2.45, 2.75) is 18.9 Å². The molecule has 4 rings (SSSR count). The van der Waals surface area contributed by atoms with E-state index in [1.54, 1.807) is 37.4 Å². The van der Waals surface area contributed by atoms with E-state index in [2.05, 4.69) is 26.6 Å². The summed E-state index contributed by atoms with van der Waals surface area (Å²) in [4.78, 5) is 38.5. The zero-order valence-corrected chi connectivity index (χ0v) is 18.7. The molecule has 0 aromatic heterocycles. The number of carbonyl (C=O) groups is 3. The molecule has 2 fully saturated rings. The highest BCUT2D eigenvalue weighted by molar-refractivity contribution is 6.31. The molecule has 2 aromatic carbocycles. The highest BCUT2D eigenvalue weighted by Crippen LogP contribution is 2.32. The number of hydrogen-bond donors (Lipinski definition) is 5. The van der Waals surface area contributed by atoms with Gasteiger partial charge in [-0.1, -0.05) is 23.7 Å². The maximum atomic E-state index is 13.1. The number of fused-ring (bicyclic) bond motifs is 1. The minimum Gasteiger partial charge on any atom is -0.495 e. The van der Waals surface area contributed by atoms with Crippen molar-refractivity contribution >= 4 is 40.7 Å². The third-order valence-corrected chi connectivity index (χ3v) is 5.85. The maximum Gasteiger partial charge on any atom is 0.229 e. The van der Waals surface area contributed by atoms with Crippen molar-refractivity contribution in [3.8, 4) is 11.5 Å². The van der Waals surface area contributed by atoms with Gasteiger partial charge in [0.05, 0.1) is 43.6 Å². The smallest absolute Gasteiger partial charge is 0.229 e. The molecule has 2 saturated heterocycles. The number of ether oxygens (including phenoxy) is 2. The number of benzene rings is 2. The lowest BCUT2D eigenvalue weighted by molar-refractivity contribution is -0.144. The molecule has 2 aliphatic rings. The van der Waals surface area contributed by atoms with Crippen LogP contribution in [0.4, 0.5) is 11.4 Å². The van der Waals surface area contributed by atoms with E-state index < -0.39 is 30.2 Å². The number of halogens is 1. The lowest BCUT2D eigenvalue weighted by Crippen LogP contribution is -2.72. The van der Waals surface area contributed by atoms with E-state index in [9.17, 15) is 14.4 Å². The number of carbonyl (C=O) groups excluding carboxylic acids is 3. The Morgan fingerprint density at radius 2 is 1.76 bits per heavy atom. The van der Waals surface area contributed by atoms with Gasteiger partial charge in [0, 0.05) is 11.4 Å². The number of anilines is 2. The fourth-order valence-electron chi connectivity index (χ4n) is 4.08. The molecule has 3 amide bonds. The summed E-state index contributed by atoms with van der Waals surface area (Å²) in [6.07, 6.45) is -1.57. The summed E-state index contributed by atoms with van der Waals surface area (Å²) in [5.41, 5.74) is 1.01. The van der Waals surface area contributed by atoms with Gasteiger partial charge in [0.25, 0.3) is 0 Å². The third kappa shape index (κ3) is 4.81. The van der Waals surface area contributed by atoms with Gasteiger partial charge in [-0.25, -0.2) is 0 Å². The van der Waals surface area contributed by atoms with Crippen LogP contribution in [0.3, 0.4) is 0 Å². The number of piperidine rings is 1. The van der Waals surface area contributed by atoms with E-state index in [4.69, 9.17) is 21.1 Å². The zero-order valence-electron chi connectivity index (χ0n) is 18.0. The molecule has 5 N–H and O–H groups in total. The van der Waals surface area contributed by atoms with Crippen LogP contribution < -0.4 is 36.1 Å². The quantitative estimate of drug-likeness (QED) is 0.429. The van der Waals surface area contributed by atoms with E-state index >= 15 is 0 Å². The van der Waals surface area contributed by atoms with Crippen LogP contribution in [0.5, 0.6) is 11.5 Å². The standard InChI is InChI=1S/C22H24ClN5O5/c1-32-15-6-4-3-5-13(15)25-22-27-19-18(21(31)28-22)12(10-17(29)26-19)20(30)24-14-9-11(23)7-8-16(14)33-2/h3-9,12,18-19,22,25,27H,10H2,1-2H3,(H,24,30)(H,26,29)(H,28,31). The van der Waals surface area contributed by atoms with Crippen LogP contribution in [-0.2, 0) is 14.4 Å². The average Bonchev–Trinajstić information content (AvgIpc) is 2.78. The number of amides is 3. The third-order valence-electron chi connectivity index (χ3n) is 5.61. The largest absolute Gasteiger partial charge is 0.495 e. The molecule has 33 heavy (non-hydrogen) atoms. The molecule has 0 bridgehead atoms. The van der Waals surface area contributed by atoms with E-state index in [0.29, 0.717) is 27.9 Å². The zero-order chi connectivity index (χ0) is 23.5. The van der Waals surface area contributed by atoms with Gasteiger partial charge in [0.2, 0.25) is 17.7 Å². The van der Waals surface area contributed by atoms with Crippen LogP contribution in [-0.4, -0.2) is 44.4 Å². The summed E-state index contributed by atoms with van der Waals surface area (Å²) in [7, 11) is 3.01. The fourth-order valence-corrected chi connectivity index (χ4v) is 4.25. The lowest BCUT2D eigenvalue weighted by Gasteiger charge is -2.43. The minimum atomic E-state index is -0.896. The SMILES string of the molecule is COc1ccc(Cl)cc1NC(=O)C1CC(=O)NC2NC(Nc3ccccc3OC)NC(=O)C21. The Labute approximate surface area is 195 Å². The number of rotatable bonds is 6. The first-order chi connectivity index (χ1) is 15.9. The van der Waals surface area contributed by atoms with Gasteiger partial charge < -0.3 is 30.7 Å². The predicted octanol–water partition coefficient (Wildman–Crippen LogP) is 1.49. The van der Waals surface area contributed by atoms with Gasteiger partial charge in [-0.15, -0.1) is 0 Å². The maximum absolute atomic E-state index is 13.1. The molecular weight excluding hydrogens is 450 g/mol. The van der Waals surface area contributed by atoms with Crippen molar-refractivity contribution in [3.63, 3.8) is 0 Å². The summed E-state index contributed by atoms with van der Waals surface area (Å²) in [5, 5.41) is 15.0. The highest BCUT2D eigenvalue weighted by atomic mass is 35.5. The first-order valence-electron chi connectivity index (χ1n) is 10.3. The number of nitrogens with one attached hydrogen (secondary N) is 5. The molecule has 0 aliphatic carbocycles. The van der Waals surface area contributed by atoms with Gasteiger partial charge in [-0.05, 0) is 30.3 Å². The summed E-state index contributed by atoms with van der Waals surface area (Å²) in [6, 6.07) is 12.0. The van der Waals surface area contributed by atoms with Gasteiger partial charge in [0.1, 0.15) is 11.5 Å². The molecule has 2 heterocycles. The van der Waals surface area contributed by atoms with Crippen LogP contribution in [0.25, 0.3) is 0 Å². The monoisotopic (exact) mass is 473 g/mol. The Hall–Kier alpha value is -3.50. The van der Waals surface area contributed by atoms with E-state index in [-0.39, 0.29) is 18.2 Å². The Bertz CT molecular complexity index is 1080. The first-order valence-corrected chi connectivity index (χ1v) is 10.7. The second-order valence-electron chi connectivity index (χ2n) is 7.67. The van der Waals surface area contributed by atoms with Crippen molar-refractivity contribution in [1.29, 1.82) is 0 Å². The fraction of sp³-hybridized carbons (Fsp3) is 0.318. The normalized spacial score (nSPS) is 24.1. The molecular formula is C22H24ClN5O5. The Morgan fingerprint density at radius 1 is 1.03 bits per heavy atom. The van der Waals surface area contributed by atoms with E-state index in [0.717, 1.165) is 0 Å². The molecule has 11 heteroatoms. The Kier molecular flexibility index (Phi) is 6.57. The minimum absolute atomic E-state index is 0.129. The topological polar surface area (TPSA) is 130 Å². The van der Waals surface area contributed by atoms with Crippen LogP contribution in [0.1, 0.15) is 6.42 Å². The molecule has 174 valence electrons. The Morgan fingerprint density at radius 3 is 2.52 bits per heavy atom. The van der Waals surface area contributed by atoms with Gasteiger partial charge in [0.15, 0.2) is 6.29 Å². The van der Waals surface area contributed by atoms with Crippen LogP contribution >= 0.6 is 11.6 Å². The molecule has 0 saturated carbocycles. The molecule has 2 aromatic rings. The van der Waals surface area contributed by atoms with Crippen molar-refractivity contribution in [3.05, 3.63) is 47.5 Å². The van der Waals surface area contributed by atoms with Gasteiger partial charge in [-0.3, -0.25) is 19.7 Å². The summed E-state index contributed by atoms with van der Waals surface area (Å²) < 4.78 is 10.6. The van der Waals surface area contributed by atoms with Crippen LogP contribution in [0.15, 0.2) is 42.5 Å². The van der Waals surface area contributed by atoms with Crippen LogP contribution in [0.2, 0.25) is 5.02 Å².